The van der Waals surface area contributed by atoms with Crippen LogP contribution in [0.3, 0.4) is 0 Å². The van der Waals surface area contributed by atoms with E-state index in [0.29, 0.717) is 13.2 Å². The molecular formula is C12H20N2O2. The Morgan fingerprint density at radius 3 is 2.44 bits per heavy atom. The fourth-order valence-electron chi connectivity index (χ4n) is 1.30. The monoisotopic (exact) mass is 224 g/mol. The second kappa shape index (κ2) is 6.35. The Kier molecular flexibility index (Phi) is 5.08. The van der Waals surface area contributed by atoms with E-state index in [-0.39, 0.29) is 0 Å². The highest BCUT2D eigenvalue weighted by molar-refractivity contribution is 5.38. The van der Waals surface area contributed by atoms with Gasteiger partial charge in [-0.3, -0.25) is 0 Å². The van der Waals surface area contributed by atoms with Crippen molar-refractivity contribution >= 4 is 0 Å². The molecule has 0 atom stereocenters. The second-order valence-corrected chi connectivity index (χ2v) is 3.87. The highest BCUT2D eigenvalue weighted by Crippen LogP contribution is 2.22. The van der Waals surface area contributed by atoms with Crippen LogP contribution in [0.25, 0.3) is 0 Å². The average Bonchev–Trinajstić information content (AvgIpc) is 2.28. The zero-order valence-electron chi connectivity index (χ0n) is 10.2. The zero-order valence-corrected chi connectivity index (χ0v) is 10.2. The van der Waals surface area contributed by atoms with Gasteiger partial charge in [-0.25, -0.2) is 0 Å². The molecule has 0 aliphatic carbocycles. The van der Waals surface area contributed by atoms with Gasteiger partial charge in [-0.15, -0.1) is 0 Å². The average molecular weight is 224 g/mol. The lowest BCUT2D eigenvalue weighted by Gasteiger charge is -2.12. The summed E-state index contributed by atoms with van der Waals surface area (Å²) in [6.07, 6.45) is 0. The minimum atomic E-state index is 0.487. The quantitative estimate of drug-likeness (QED) is 0.786. The first-order chi connectivity index (χ1) is 7.65. The third-order valence-corrected chi connectivity index (χ3v) is 2.22. The van der Waals surface area contributed by atoms with Crippen molar-refractivity contribution in [3.63, 3.8) is 0 Å². The highest BCUT2D eigenvalue weighted by Gasteiger charge is 2.01. The predicted octanol–water partition coefficient (Wildman–Crippen LogP) is 1.09. The summed E-state index contributed by atoms with van der Waals surface area (Å²) >= 11 is 0. The van der Waals surface area contributed by atoms with Gasteiger partial charge in [0.05, 0.1) is 7.11 Å². The van der Waals surface area contributed by atoms with Crippen molar-refractivity contribution in [2.45, 2.75) is 6.54 Å². The van der Waals surface area contributed by atoms with Crippen LogP contribution in [0.1, 0.15) is 5.56 Å². The number of likely N-dealkylation sites (N-methyl/N-ethyl adjacent to an activating group) is 1. The van der Waals surface area contributed by atoms with Crippen LogP contribution in [-0.2, 0) is 6.54 Å². The summed E-state index contributed by atoms with van der Waals surface area (Å²) in [6, 6.07) is 5.73. The maximum atomic E-state index is 5.62. The predicted molar refractivity (Wildman–Crippen MR) is 64.9 cm³/mol. The van der Waals surface area contributed by atoms with Gasteiger partial charge in [-0.2, -0.15) is 0 Å². The normalized spacial score (nSPS) is 10.6. The Hall–Kier alpha value is -1.26. The van der Waals surface area contributed by atoms with Crippen LogP contribution in [-0.4, -0.2) is 39.3 Å². The third kappa shape index (κ3) is 4.08. The summed E-state index contributed by atoms with van der Waals surface area (Å²) in [5.74, 6) is 1.59. The fourth-order valence-corrected chi connectivity index (χ4v) is 1.30. The molecule has 0 aliphatic rings. The van der Waals surface area contributed by atoms with E-state index in [1.165, 1.54) is 0 Å². The number of nitrogens with two attached hydrogens (primary N) is 1. The van der Waals surface area contributed by atoms with Crippen molar-refractivity contribution in [3.05, 3.63) is 23.8 Å². The van der Waals surface area contributed by atoms with Gasteiger partial charge < -0.3 is 20.1 Å². The molecule has 0 saturated carbocycles. The SMILES string of the molecule is COc1cc(CN)cc(OCCN(C)C)c1. The van der Waals surface area contributed by atoms with Crippen LogP contribution in [0.5, 0.6) is 11.5 Å². The van der Waals surface area contributed by atoms with E-state index in [2.05, 4.69) is 4.90 Å². The lowest BCUT2D eigenvalue weighted by Crippen LogP contribution is -2.19. The second-order valence-electron chi connectivity index (χ2n) is 3.87. The van der Waals surface area contributed by atoms with E-state index >= 15 is 0 Å². The van der Waals surface area contributed by atoms with Crippen LogP contribution < -0.4 is 15.2 Å². The molecule has 0 amide bonds. The van der Waals surface area contributed by atoms with Gasteiger partial charge in [0.1, 0.15) is 18.1 Å². The first-order valence-corrected chi connectivity index (χ1v) is 5.31. The van der Waals surface area contributed by atoms with Crippen LogP contribution >= 0.6 is 0 Å². The molecular weight excluding hydrogens is 204 g/mol. The summed E-state index contributed by atoms with van der Waals surface area (Å²) < 4.78 is 10.8. The highest BCUT2D eigenvalue weighted by atomic mass is 16.5. The first-order valence-electron chi connectivity index (χ1n) is 5.31. The summed E-state index contributed by atoms with van der Waals surface area (Å²) in [7, 11) is 5.67. The van der Waals surface area contributed by atoms with E-state index in [1.807, 2.05) is 32.3 Å². The van der Waals surface area contributed by atoms with Gasteiger partial charge in [-0.1, -0.05) is 0 Å². The van der Waals surface area contributed by atoms with Gasteiger partial charge in [0, 0.05) is 19.2 Å². The Labute approximate surface area is 96.9 Å². The Morgan fingerprint density at radius 1 is 1.19 bits per heavy atom. The van der Waals surface area contributed by atoms with Crippen molar-refractivity contribution in [2.24, 2.45) is 5.73 Å². The molecule has 0 spiro atoms. The van der Waals surface area contributed by atoms with Gasteiger partial charge in [0.2, 0.25) is 0 Å². The standard InChI is InChI=1S/C12H20N2O2/c1-14(2)4-5-16-12-7-10(9-13)6-11(8-12)15-3/h6-8H,4-5,9,13H2,1-3H3. The van der Waals surface area contributed by atoms with Gasteiger partial charge in [0.25, 0.3) is 0 Å². The number of hydrogen-bond acceptors (Lipinski definition) is 4. The van der Waals surface area contributed by atoms with Crippen LogP contribution in [0.15, 0.2) is 18.2 Å². The van der Waals surface area contributed by atoms with E-state index in [9.17, 15) is 0 Å². The summed E-state index contributed by atoms with van der Waals surface area (Å²) in [6.45, 7) is 2.03. The van der Waals surface area contributed by atoms with Crippen LogP contribution in [0.4, 0.5) is 0 Å². The van der Waals surface area contributed by atoms with Crippen molar-refractivity contribution in [1.82, 2.24) is 4.90 Å². The number of hydrogen-bond donors (Lipinski definition) is 1. The molecule has 1 aromatic rings. The van der Waals surface area contributed by atoms with E-state index in [1.54, 1.807) is 7.11 Å². The molecule has 0 fully saturated rings. The summed E-state index contributed by atoms with van der Waals surface area (Å²) in [4.78, 5) is 2.07. The number of ether oxygens (including phenoxy) is 2. The van der Waals surface area contributed by atoms with Crippen molar-refractivity contribution in [2.75, 3.05) is 34.4 Å². The van der Waals surface area contributed by atoms with Crippen molar-refractivity contribution < 1.29 is 9.47 Å². The smallest absolute Gasteiger partial charge is 0.123 e. The minimum Gasteiger partial charge on any atom is -0.497 e. The Morgan fingerprint density at radius 2 is 1.88 bits per heavy atom. The third-order valence-electron chi connectivity index (χ3n) is 2.22. The lowest BCUT2D eigenvalue weighted by molar-refractivity contribution is 0.260. The fraction of sp³-hybridized carbons (Fsp3) is 0.500. The number of methoxy groups -OCH3 is 1. The maximum Gasteiger partial charge on any atom is 0.123 e. The van der Waals surface area contributed by atoms with Crippen molar-refractivity contribution in [3.8, 4) is 11.5 Å². The van der Waals surface area contributed by atoms with Crippen LogP contribution in [0.2, 0.25) is 0 Å². The number of nitrogens with zero attached hydrogens (tertiary/aromatic N) is 1. The molecule has 1 aromatic carbocycles. The number of benzene rings is 1. The van der Waals surface area contributed by atoms with E-state index in [4.69, 9.17) is 15.2 Å². The lowest BCUT2D eigenvalue weighted by atomic mass is 10.2. The number of rotatable bonds is 6. The Balaban J connectivity index is 2.64. The molecule has 0 unspecified atom stereocenters. The molecule has 0 aromatic heterocycles. The molecule has 90 valence electrons. The zero-order chi connectivity index (χ0) is 12.0. The largest absolute Gasteiger partial charge is 0.497 e. The molecule has 0 bridgehead atoms. The molecule has 0 heterocycles. The molecule has 0 saturated heterocycles. The molecule has 2 N–H and O–H groups in total. The summed E-state index contributed by atoms with van der Waals surface area (Å²) in [5.41, 5.74) is 6.61. The van der Waals surface area contributed by atoms with Crippen molar-refractivity contribution in [1.29, 1.82) is 0 Å². The Bertz CT molecular complexity index is 305. The molecule has 0 radical (unpaired) electrons. The van der Waals surface area contributed by atoms with E-state index < -0.39 is 0 Å². The molecule has 16 heavy (non-hydrogen) atoms. The minimum absolute atomic E-state index is 0.487. The maximum absolute atomic E-state index is 5.62. The van der Waals surface area contributed by atoms with Crippen LogP contribution in [0, 0.1) is 0 Å². The molecule has 1 rings (SSSR count). The first kappa shape index (κ1) is 12.8. The van der Waals surface area contributed by atoms with Gasteiger partial charge in [-0.05, 0) is 31.8 Å². The van der Waals surface area contributed by atoms with Gasteiger partial charge in [0.15, 0.2) is 0 Å². The topological polar surface area (TPSA) is 47.7 Å². The van der Waals surface area contributed by atoms with E-state index in [0.717, 1.165) is 23.6 Å². The van der Waals surface area contributed by atoms with Gasteiger partial charge >= 0.3 is 0 Å². The molecule has 4 nitrogen and oxygen atoms in total. The molecule has 0 aliphatic heterocycles. The molecule has 4 heteroatoms. The summed E-state index contributed by atoms with van der Waals surface area (Å²) in [5, 5.41) is 0.